The van der Waals surface area contributed by atoms with Gasteiger partial charge in [-0.2, -0.15) is 0 Å². The van der Waals surface area contributed by atoms with E-state index in [0.717, 1.165) is 5.57 Å². The normalized spacial score (nSPS) is 16.5. The molecule has 0 bridgehead atoms. The smallest absolute Gasteiger partial charge is 0.0754 e. The number of nitrogens with zero attached hydrogens (tertiary/aromatic N) is 1. The van der Waals surface area contributed by atoms with Crippen LogP contribution in [-0.2, 0) is 0 Å². The molecule has 0 aromatic rings. The molecule has 0 saturated carbocycles. The number of allylic oxidation sites excluding steroid dienone is 4. The van der Waals surface area contributed by atoms with Crippen LogP contribution in [0, 0.1) is 0 Å². The van der Waals surface area contributed by atoms with Gasteiger partial charge in [0.2, 0.25) is 0 Å². The quantitative estimate of drug-likeness (QED) is 0.438. The summed E-state index contributed by atoms with van der Waals surface area (Å²) in [5, 5.41) is 0. The third kappa shape index (κ3) is 2.28. The summed E-state index contributed by atoms with van der Waals surface area (Å²) in [5.41, 5.74) is 10.0. The Hall–Kier alpha value is -1.53. The Morgan fingerprint density at radius 3 is 2.91 bits per heavy atom. The van der Waals surface area contributed by atoms with Crippen LogP contribution in [0.5, 0.6) is 0 Å². The van der Waals surface area contributed by atoms with Crippen LogP contribution in [0.2, 0.25) is 0 Å². The maximum absolute atomic E-state index is 5.55. The molecule has 0 aliphatic heterocycles. The molecule has 0 spiro atoms. The first-order valence-corrected chi connectivity index (χ1v) is 3.36. The lowest BCUT2D eigenvalue weighted by Gasteiger charge is -1.84. The van der Waals surface area contributed by atoms with E-state index in [1.54, 1.807) is 19.3 Å². The van der Waals surface area contributed by atoms with Crippen molar-refractivity contribution in [3.63, 3.8) is 0 Å². The third-order valence-corrected chi connectivity index (χ3v) is 1.22. The summed E-state index contributed by atoms with van der Waals surface area (Å²) >= 11 is 0. The zero-order valence-corrected chi connectivity index (χ0v) is 6.41. The molecule has 0 fully saturated rings. The van der Waals surface area contributed by atoms with Gasteiger partial charge in [-0.15, -0.1) is 0 Å². The van der Waals surface area contributed by atoms with Crippen molar-refractivity contribution in [3.05, 3.63) is 41.3 Å². The van der Waals surface area contributed by atoms with Gasteiger partial charge in [0.15, 0.2) is 0 Å². The van der Waals surface area contributed by atoms with E-state index < -0.39 is 0 Å². The van der Waals surface area contributed by atoms with Crippen molar-refractivity contribution in [2.75, 3.05) is 7.05 Å². The molecule has 2 nitrogen and oxygen atoms in total. The minimum absolute atomic E-state index is 0.630. The maximum Gasteiger partial charge on any atom is 0.0754 e. The molecule has 11 heavy (non-hydrogen) atoms. The van der Waals surface area contributed by atoms with Crippen LogP contribution in [0.4, 0.5) is 0 Å². The first kappa shape index (κ1) is 7.58. The van der Waals surface area contributed by atoms with Gasteiger partial charge in [-0.25, -0.2) is 0 Å². The fourth-order valence-electron chi connectivity index (χ4n) is 0.783. The SMILES string of the molecule is CN=CC1=C=C(N)C=CC=C1. The van der Waals surface area contributed by atoms with E-state index in [1.807, 2.05) is 18.2 Å². The largest absolute Gasteiger partial charge is 0.392 e. The van der Waals surface area contributed by atoms with Crippen LogP contribution in [0.25, 0.3) is 0 Å². The predicted octanol–water partition coefficient (Wildman–Crippen LogP) is 1.18. The molecule has 0 saturated heterocycles. The van der Waals surface area contributed by atoms with Crippen LogP contribution < -0.4 is 5.73 Å². The summed E-state index contributed by atoms with van der Waals surface area (Å²) in [6, 6.07) is 0. The van der Waals surface area contributed by atoms with E-state index in [9.17, 15) is 0 Å². The van der Waals surface area contributed by atoms with Crippen LogP contribution in [0.1, 0.15) is 0 Å². The Morgan fingerprint density at radius 1 is 1.45 bits per heavy atom. The van der Waals surface area contributed by atoms with Crippen LogP contribution >= 0.6 is 0 Å². The van der Waals surface area contributed by atoms with Crippen molar-refractivity contribution in [1.29, 1.82) is 0 Å². The van der Waals surface area contributed by atoms with Gasteiger partial charge in [0, 0.05) is 18.8 Å². The zero-order valence-electron chi connectivity index (χ0n) is 6.41. The standard InChI is InChI=1S/C9H10N2/c1-11-7-8-4-2-3-5-9(10)6-8/h2-5,7H,10H2,1H3. The second kappa shape index (κ2) is 3.59. The van der Waals surface area contributed by atoms with Gasteiger partial charge >= 0.3 is 0 Å². The van der Waals surface area contributed by atoms with Crippen LogP contribution in [0.15, 0.2) is 46.3 Å². The molecular formula is C9H10N2. The lowest BCUT2D eigenvalue weighted by atomic mass is 10.3. The van der Waals surface area contributed by atoms with Crippen molar-refractivity contribution >= 4 is 6.21 Å². The molecule has 0 unspecified atom stereocenters. The van der Waals surface area contributed by atoms with Crippen molar-refractivity contribution in [2.24, 2.45) is 10.7 Å². The van der Waals surface area contributed by atoms with Gasteiger partial charge in [-0.05, 0) is 12.2 Å². The molecule has 2 N–H and O–H groups in total. The predicted molar refractivity (Wildman–Crippen MR) is 47.4 cm³/mol. The van der Waals surface area contributed by atoms with E-state index in [4.69, 9.17) is 5.73 Å². The molecule has 0 aromatic heterocycles. The lowest BCUT2D eigenvalue weighted by molar-refractivity contribution is 1.43. The zero-order chi connectivity index (χ0) is 8.10. The topological polar surface area (TPSA) is 38.4 Å². The summed E-state index contributed by atoms with van der Waals surface area (Å²) in [7, 11) is 1.72. The van der Waals surface area contributed by atoms with Gasteiger partial charge in [0.25, 0.3) is 0 Å². The van der Waals surface area contributed by atoms with Crippen LogP contribution in [-0.4, -0.2) is 13.3 Å². The number of nitrogens with two attached hydrogens (primary N) is 1. The van der Waals surface area contributed by atoms with E-state index in [0.29, 0.717) is 5.70 Å². The van der Waals surface area contributed by atoms with Crippen molar-refractivity contribution in [2.45, 2.75) is 0 Å². The van der Waals surface area contributed by atoms with Gasteiger partial charge in [0.1, 0.15) is 0 Å². The van der Waals surface area contributed by atoms with E-state index >= 15 is 0 Å². The highest BCUT2D eigenvalue weighted by Crippen LogP contribution is 1.98. The lowest BCUT2D eigenvalue weighted by Crippen LogP contribution is -1.89. The van der Waals surface area contributed by atoms with Gasteiger partial charge in [0.05, 0.1) is 5.70 Å². The Bertz CT molecular complexity index is 287. The highest BCUT2D eigenvalue weighted by atomic mass is 14.6. The number of aliphatic imine (C=N–C) groups is 1. The molecule has 1 aliphatic carbocycles. The molecule has 0 radical (unpaired) electrons. The number of hydrogen-bond donors (Lipinski definition) is 1. The fraction of sp³-hybridized carbons (Fsp3) is 0.111. The molecule has 0 atom stereocenters. The van der Waals surface area contributed by atoms with Crippen molar-refractivity contribution in [1.82, 2.24) is 0 Å². The molecule has 56 valence electrons. The molecular weight excluding hydrogens is 136 g/mol. The van der Waals surface area contributed by atoms with E-state index in [1.165, 1.54) is 0 Å². The maximum atomic E-state index is 5.55. The Morgan fingerprint density at radius 2 is 2.18 bits per heavy atom. The van der Waals surface area contributed by atoms with Gasteiger partial charge in [-0.1, -0.05) is 17.9 Å². The number of rotatable bonds is 1. The summed E-state index contributed by atoms with van der Waals surface area (Å²) in [6.07, 6.45) is 9.20. The van der Waals surface area contributed by atoms with Crippen molar-refractivity contribution < 1.29 is 0 Å². The minimum atomic E-state index is 0.630. The molecule has 0 aromatic carbocycles. The minimum Gasteiger partial charge on any atom is -0.392 e. The van der Waals surface area contributed by atoms with E-state index in [2.05, 4.69) is 10.7 Å². The Kier molecular flexibility index (Phi) is 2.47. The first-order valence-electron chi connectivity index (χ1n) is 3.36. The highest BCUT2D eigenvalue weighted by molar-refractivity contribution is 5.82. The molecule has 0 heterocycles. The summed E-state index contributed by atoms with van der Waals surface area (Å²) in [6.45, 7) is 0. The first-order chi connectivity index (χ1) is 5.33. The second-order valence-corrected chi connectivity index (χ2v) is 2.14. The van der Waals surface area contributed by atoms with E-state index in [-0.39, 0.29) is 0 Å². The van der Waals surface area contributed by atoms with Gasteiger partial charge in [-0.3, -0.25) is 4.99 Å². The molecule has 0 amide bonds. The summed E-state index contributed by atoms with van der Waals surface area (Å²) in [4.78, 5) is 3.86. The molecule has 1 aliphatic rings. The second-order valence-electron chi connectivity index (χ2n) is 2.14. The number of hydrogen-bond acceptors (Lipinski definition) is 2. The average molecular weight is 146 g/mol. The molecule has 2 heteroatoms. The summed E-state index contributed by atoms with van der Waals surface area (Å²) < 4.78 is 0. The summed E-state index contributed by atoms with van der Waals surface area (Å²) in [5.74, 6) is 0. The third-order valence-electron chi connectivity index (χ3n) is 1.22. The molecule has 1 rings (SSSR count). The van der Waals surface area contributed by atoms with Crippen molar-refractivity contribution in [3.8, 4) is 0 Å². The Labute approximate surface area is 66.1 Å². The highest BCUT2D eigenvalue weighted by Gasteiger charge is 1.87. The van der Waals surface area contributed by atoms with Gasteiger partial charge < -0.3 is 5.73 Å². The Balaban J connectivity index is 3.03. The van der Waals surface area contributed by atoms with Crippen LogP contribution in [0.3, 0.4) is 0 Å². The fourth-order valence-corrected chi connectivity index (χ4v) is 0.783. The average Bonchev–Trinajstić information content (AvgIpc) is 2.15. The monoisotopic (exact) mass is 146 g/mol.